The molecule has 0 aliphatic heterocycles. The maximum atomic E-state index is 5.61. The van der Waals surface area contributed by atoms with Crippen molar-refractivity contribution in [3.05, 3.63) is 37.0 Å². The lowest BCUT2D eigenvalue weighted by Crippen LogP contribution is -2.16. The summed E-state index contributed by atoms with van der Waals surface area (Å²) in [4.78, 5) is 0. The second-order valence-electron chi connectivity index (χ2n) is 4.45. The van der Waals surface area contributed by atoms with Crippen molar-refractivity contribution in [1.29, 1.82) is 0 Å². The van der Waals surface area contributed by atoms with E-state index in [2.05, 4.69) is 44.1 Å². The minimum atomic E-state index is 0.300. The molecule has 1 aliphatic carbocycles. The molecule has 0 fully saturated rings. The molecule has 1 rings (SSSR count). The fourth-order valence-electron chi connectivity index (χ4n) is 1.82. The van der Waals surface area contributed by atoms with Gasteiger partial charge in [0.2, 0.25) is 0 Å². The molecule has 0 N–H and O–H groups in total. The molecule has 0 aromatic rings. The Kier molecular flexibility index (Phi) is 7.38. The Balaban J connectivity index is 2.27. The Bertz CT molecular complexity index is 270. The Hall–Kier alpha value is -0.470. The van der Waals surface area contributed by atoms with Gasteiger partial charge in [0.1, 0.15) is 11.5 Å². The predicted octanol–water partition coefficient (Wildman–Crippen LogP) is 3.35. The van der Waals surface area contributed by atoms with Gasteiger partial charge in [-0.3, -0.25) is 0 Å². The van der Waals surface area contributed by atoms with Gasteiger partial charge in [0, 0.05) is 0 Å². The Morgan fingerprint density at radius 3 is 2.82 bits per heavy atom. The second-order valence-corrected chi connectivity index (χ2v) is 6.93. The molecule has 0 saturated heterocycles. The van der Waals surface area contributed by atoms with Gasteiger partial charge in [-0.05, 0) is 42.7 Å². The summed E-state index contributed by atoms with van der Waals surface area (Å²) in [6, 6.07) is 0. The molecule has 0 radical (unpaired) electrons. The van der Waals surface area contributed by atoms with Crippen molar-refractivity contribution in [2.24, 2.45) is 5.92 Å². The highest BCUT2D eigenvalue weighted by atomic mass is 32.2. The van der Waals surface area contributed by atoms with Gasteiger partial charge in [0.25, 0.3) is 0 Å². The first-order valence-corrected chi connectivity index (χ1v) is 8.40. The number of hydrogen-bond acceptors (Lipinski definition) is 1. The molecule has 3 atom stereocenters. The van der Waals surface area contributed by atoms with Crippen LogP contribution in [-0.4, -0.2) is 30.5 Å². The smallest absolute Gasteiger partial charge is 0.126 e. The summed E-state index contributed by atoms with van der Waals surface area (Å²) in [5.41, 5.74) is 0. The SMILES string of the molecule is C=CCOC1C=CC(/C=C/C[S+](C)CC)CC1. The van der Waals surface area contributed by atoms with E-state index in [1.807, 2.05) is 6.08 Å². The van der Waals surface area contributed by atoms with Crippen molar-refractivity contribution in [2.45, 2.75) is 25.9 Å². The van der Waals surface area contributed by atoms with Crippen LogP contribution in [0.5, 0.6) is 0 Å². The number of hydrogen-bond donors (Lipinski definition) is 0. The molecule has 1 aliphatic rings. The van der Waals surface area contributed by atoms with E-state index < -0.39 is 0 Å². The van der Waals surface area contributed by atoms with Crippen LogP contribution in [-0.2, 0) is 15.6 Å². The Morgan fingerprint density at radius 2 is 2.24 bits per heavy atom. The first kappa shape index (κ1) is 14.6. The van der Waals surface area contributed by atoms with Crippen LogP contribution in [0.25, 0.3) is 0 Å². The zero-order valence-corrected chi connectivity index (χ0v) is 11.9. The van der Waals surface area contributed by atoms with E-state index in [-0.39, 0.29) is 0 Å². The van der Waals surface area contributed by atoms with Crippen LogP contribution in [0.2, 0.25) is 0 Å². The molecule has 0 aromatic heterocycles. The zero-order valence-electron chi connectivity index (χ0n) is 11.1. The van der Waals surface area contributed by atoms with Crippen molar-refractivity contribution in [1.82, 2.24) is 0 Å². The van der Waals surface area contributed by atoms with Gasteiger partial charge >= 0.3 is 0 Å². The van der Waals surface area contributed by atoms with E-state index in [9.17, 15) is 0 Å². The average Bonchev–Trinajstić information content (AvgIpc) is 2.37. The Morgan fingerprint density at radius 1 is 1.41 bits per heavy atom. The first-order valence-electron chi connectivity index (χ1n) is 6.42. The van der Waals surface area contributed by atoms with Gasteiger partial charge in [-0.2, -0.15) is 0 Å². The van der Waals surface area contributed by atoms with Crippen molar-refractivity contribution >= 4 is 10.9 Å². The molecule has 0 bridgehead atoms. The Labute approximate surface area is 109 Å². The van der Waals surface area contributed by atoms with Gasteiger partial charge < -0.3 is 4.74 Å². The summed E-state index contributed by atoms with van der Waals surface area (Å²) in [7, 11) is 0.561. The normalized spacial score (nSPS) is 26.2. The fourth-order valence-corrected chi connectivity index (χ4v) is 2.49. The van der Waals surface area contributed by atoms with Crippen molar-refractivity contribution in [3.8, 4) is 0 Å². The van der Waals surface area contributed by atoms with Crippen LogP contribution in [0.1, 0.15) is 19.8 Å². The molecule has 0 spiro atoms. The molecule has 17 heavy (non-hydrogen) atoms. The molecule has 0 heterocycles. The van der Waals surface area contributed by atoms with Gasteiger partial charge in [0.15, 0.2) is 0 Å². The maximum absolute atomic E-state index is 5.61. The van der Waals surface area contributed by atoms with Crippen LogP contribution >= 0.6 is 0 Å². The zero-order chi connectivity index (χ0) is 12.5. The van der Waals surface area contributed by atoms with Crippen molar-refractivity contribution in [2.75, 3.05) is 24.4 Å². The predicted molar refractivity (Wildman–Crippen MR) is 79.6 cm³/mol. The average molecular weight is 253 g/mol. The highest BCUT2D eigenvalue weighted by molar-refractivity contribution is 7.96. The molecule has 2 heteroatoms. The highest BCUT2D eigenvalue weighted by Crippen LogP contribution is 2.20. The first-order chi connectivity index (χ1) is 8.26. The highest BCUT2D eigenvalue weighted by Gasteiger charge is 2.13. The lowest BCUT2D eigenvalue weighted by molar-refractivity contribution is 0.0954. The van der Waals surface area contributed by atoms with E-state index >= 15 is 0 Å². The molecule has 0 amide bonds. The third kappa shape index (κ3) is 6.13. The molecular formula is C15H25OS+. The molecule has 0 saturated carbocycles. The van der Waals surface area contributed by atoms with Crippen LogP contribution in [0.4, 0.5) is 0 Å². The summed E-state index contributed by atoms with van der Waals surface area (Å²) >= 11 is 0. The maximum Gasteiger partial charge on any atom is 0.126 e. The van der Waals surface area contributed by atoms with Crippen LogP contribution in [0.15, 0.2) is 37.0 Å². The standard InChI is InChI=1S/C15H25OS/c1-4-12-16-15-10-8-14(9-11-15)7-6-13-17(3)5-2/h4,6-8,10,14-15H,1,5,9,11-13H2,2-3H3/q+1/b7-6+. The topological polar surface area (TPSA) is 9.23 Å². The van der Waals surface area contributed by atoms with Gasteiger partial charge in [-0.25, -0.2) is 0 Å². The summed E-state index contributed by atoms with van der Waals surface area (Å²) in [6.45, 7) is 6.59. The van der Waals surface area contributed by atoms with Gasteiger partial charge in [-0.15, -0.1) is 6.58 Å². The van der Waals surface area contributed by atoms with Crippen LogP contribution < -0.4 is 0 Å². The van der Waals surface area contributed by atoms with E-state index in [0.29, 0.717) is 29.5 Å². The summed E-state index contributed by atoms with van der Waals surface area (Å²) in [5, 5.41) is 0. The number of ether oxygens (including phenoxy) is 1. The fraction of sp³-hybridized carbons (Fsp3) is 0.600. The lowest BCUT2D eigenvalue weighted by atomic mass is 9.94. The van der Waals surface area contributed by atoms with E-state index in [0.717, 1.165) is 6.42 Å². The number of allylic oxidation sites excluding steroid dienone is 2. The van der Waals surface area contributed by atoms with E-state index in [1.54, 1.807) is 0 Å². The van der Waals surface area contributed by atoms with Crippen molar-refractivity contribution in [3.63, 3.8) is 0 Å². The number of rotatable bonds is 7. The lowest BCUT2D eigenvalue weighted by Gasteiger charge is -2.20. The van der Waals surface area contributed by atoms with E-state index in [4.69, 9.17) is 4.74 Å². The van der Waals surface area contributed by atoms with Gasteiger partial charge in [0.05, 0.1) is 19.0 Å². The van der Waals surface area contributed by atoms with Crippen LogP contribution in [0.3, 0.4) is 0 Å². The summed E-state index contributed by atoms with van der Waals surface area (Å²) < 4.78 is 5.61. The third-order valence-corrected chi connectivity index (χ3v) is 4.79. The van der Waals surface area contributed by atoms with Crippen LogP contribution in [0, 0.1) is 5.92 Å². The second kappa shape index (κ2) is 8.60. The third-order valence-electron chi connectivity index (χ3n) is 3.04. The largest absolute Gasteiger partial charge is 0.370 e. The van der Waals surface area contributed by atoms with Gasteiger partial charge in [-0.1, -0.05) is 24.3 Å². The quantitative estimate of drug-likeness (QED) is 0.499. The minimum absolute atomic E-state index is 0.300. The van der Waals surface area contributed by atoms with Crippen molar-refractivity contribution < 1.29 is 4.74 Å². The molecular weight excluding hydrogens is 228 g/mol. The molecule has 1 nitrogen and oxygen atoms in total. The minimum Gasteiger partial charge on any atom is -0.370 e. The summed E-state index contributed by atoms with van der Waals surface area (Å²) in [5.74, 6) is 3.15. The molecule has 3 unspecified atom stereocenters. The molecule has 96 valence electrons. The summed E-state index contributed by atoms with van der Waals surface area (Å²) in [6.07, 6.45) is 16.0. The monoisotopic (exact) mass is 253 g/mol. The van der Waals surface area contributed by atoms with E-state index in [1.165, 1.54) is 17.9 Å². The molecule has 0 aromatic carbocycles.